The van der Waals surface area contributed by atoms with E-state index in [1.54, 1.807) is 0 Å². The lowest BCUT2D eigenvalue weighted by Crippen LogP contribution is -2.37. The van der Waals surface area contributed by atoms with Gasteiger partial charge in [-0.2, -0.15) is 0 Å². The zero-order valence-electron chi connectivity index (χ0n) is 55.3. The molecule has 0 aliphatic rings. The first-order valence-electron chi connectivity index (χ1n) is 36.2. The molecule has 0 saturated carbocycles. The van der Waals surface area contributed by atoms with Crippen LogP contribution in [0.4, 0.5) is 0 Å². The van der Waals surface area contributed by atoms with Crippen LogP contribution < -0.4 is 4.89 Å². The minimum Gasteiger partial charge on any atom is -0.756 e. The number of rotatable bonds is 69. The number of quaternary nitrogens is 1. The Morgan fingerprint density at radius 3 is 0.790 bits per heavy atom. The molecule has 0 N–H and O–H groups in total. The predicted molar refractivity (Wildman–Crippen MR) is 347 cm³/mol. The summed E-state index contributed by atoms with van der Waals surface area (Å²) < 4.78 is 34.3. The highest BCUT2D eigenvalue weighted by atomic mass is 31.2. The lowest BCUT2D eigenvalue weighted by Gasteiger charge is -2.28. The van der Waals surface area contributed by atoms with Crippen LogP contribution in [-0.2, 0) is 32.7 Å². The van der Waals surface area contributed by atoms with Crippen molar-refractivity contribution in [1.29, 1.82) is 0 Å². The maximum Gasteiger partial charge on any atom is 0.306 e. The van der Waals surface area contributed by atoms with Crippen LogP contribution in [-0.4, -0.2) is 70.0 Å². The standard InChI is InChI=1S/C71H142NO8P/c1-6-8-10-12-14-16-18-20-22-24-26-28-29-30-31-32-33-34-35-36-37-38-39-40-41-42-43-44-46-48-50-52-54-56-58-60-62-64-71(74)80-69(68-79-81(75,76)78-66-65-72(3,4)5)67-77-70(73)63-61-59-57-55-53-51-49-47-45-27-25-23-21-19-17-15-13-11-9-7-2/h69H,6-68H2,1-5H3. The summed E-state index contributed by atoms with van der Waals surface area (Å²) in [6.07, 6.45) is 76.4. The van der Waals surface area contributed by atoms with E-state index in [0.717, 1.165) is 32.1 Å². The first-order valence-corrected chi connectivity index (χ1v) is 37.7. The summed E-state index contributed by atoms with van der Waals surface area (Å²) in [5.41, 5.74) is 0. The molecule has 0 aromatic rings. The van der Waals surface area contributed by atoms with E-state index in [2.05, 4.69) is 13.8 Å². The van der Waals surface area contributed by atoms with E-state index in [0.29, 0.717) is 17.4 Å². The molecule has 9 nitrogen and oxygen atoms in total. The molecule has 0 aromatic carbocycles. The molecule has 2 atom stereocenters. The minimum absolute atomic E-state index is 0.0248. The maximum absolute atomic E-state index is 12.9. The summed E-state index contributed by atoms with van der Waals surface area (Å²) in [4.78, 5) is 38.0. The Balaban J connectivity index is 3.88. The number of phosphoric acid groups is 1. The van der Waals surface area contributed by atoms with Gasteiger partial charge in [0.2, 0.25) is 0 Å². The average molecular weight is 1170 g/mol. The molecule has 0 bridgehead atoms. The number of carbonyl (C=O) groups is 2. The second-order valence-corrected chi connectivity index (χ2v) is 27.7. The molecule has 0 spiro atoms. The fraction of sp³-hybridized carbons (Fsp3) is 0.972. The first-order chi connectivity index (χ1) is 39.5. The Labute approximate surface area is 505 Å². The van der Waals surface area contributed by atoms with Crippen LogP contribution in [0.15, 0.2) is 0 Å². The van der Waals surface area contributed by atoms with Crippen molar-refractivity contribution in [3.63, 3.8) is 0 Å². The van der Waals surface area contributed by atoms with Crippen molar-refractivity contribution in [3.05, 3.63) is 0 Å². The topological polar surface area (TPSA) is 111 Å². The summed E-state index contributed by atoms with van der Waals surface area (Å²) in [6.45, 7) is 4.33. The fourth-order valence-corrected chi connectivity index (χ4v) is 12.0. The van der Waals surface area contributed by atoms with Crippen LogP contribution in [0.1, 0.15) is 393 Å². The Morgan fingerprint density at radius 2 is 0.556 bits per heavy atom. The molecule has 0 radical (unpaired) electrons. The van der Waals surface area contributed by atoms with Gasteiger partial charge in [0.1, 0.15) is 19.8 Å². The van der Waals surface area contributed by atoms with Crippen LogP contribution in [0.5, 0.6) is 0 Å². The molecule has 81 heavy (non-hydrogen) atoms. The van der Waals surface area contributed by atoms with Crippen molar-refractivity contribution in [2.24, 2.45) is 0 Å². The van der Waals surface area contributed by atoms with Crippen molar-refractivity contribution in [1.82, 2.24) is 0 Å². The van der Waals surface area contributed by atoms with Crippen molar-refractivity contribution in [2.75, 3.05) is 47.5 Å². The maximum atomic E-state index is 12.9. The van der Waals surface area contributed by atoms with E-state index >= 15 is 0 Å². The highest BCUT2D eigenvalue weighted by Gasteiger charge is 2.22. The normalized spacial score (nSPS) is 13.0. The van der Waals surface area contributed by atoms with Gasteiger partial charge in [0, 0.05) is 12.8 Å². The zero-order valence-corrected chi connectivity index (χ0v) is 56.2. The Morgan fingerprint density at radius 1 is 0.333 bits per heavy atom. The van der Waals surface area contributed by atoms with E-state index in [-0.39, 0.29) is 32.0 Å². The molecule has 0 heterocycles. The van der Waals surface area contributed by atoms with Crippen molar-refractivity contribution < 1.29 is 42.1 Å². The van der Waals surface area contributed by atoms with Gasteiger partial charge in [0.05, 0.1) is 27.7 Å². The van der Waals surface area contributed by atoms with Crippen LogP contribution >= 0.6 is 7.82 Å². The molecule has 0 aromatic heterocycles. The molecule has 0 aliphatic carbocycles. The Hall–Kier alpha value is -0.990. The van der Waals surface area contributed by atoms with Gasteiger partial charge in [0.25, 0.3) is 7.82 Å². The van der Waals surface area contributed by atoms with Gasteiger partial charge < -0.3 is 27.9 Å². The summed E-state index contributed by atoms with van der Waals surface area (Å²) in [6, 6.07) is 0. The van der Waals surface area contributed by atoms with E-state index in [4.69, 9.17) is 18.5 Å². The van der Waals surface area contributed by atoms with Crippen LogP contribution in [0.3, 0.4) is 0 Å². The van der Waals surface area contributed by atoms with E-state index in [1.807, 2.05) is 21.1 Å². The van der Waals surface area contributed by atoms with E-state index in [9.17, 15) is 19.0 Å². The molecule has 0 saturated heterocycles. The highest BCUT2D eigenvalue weighted by molar-refractivity contribution is 7.45. The second kappa shape index (κ2) is 63.5. The molecule has 484 valence electrons. The summed E-state index contributed by atoms with van der Waals surface area (Å²) in [5, 5.41) is 0. The number of nitrogens with zero attached hydrogens (tertiary/aromatic N) is 1. The quantitative estimate of drug-likeness (QED) is 0.0256. The third-order valence-corrected chi connectivity index (χ3v) is 17.8. The smallest absolute Gasteiger partial charge is 0.306 e. The Bertz CT molecular complexity index is 1330. The average Bonchev–Trinajstić information content (AvgIpc) is 3.43. The van der Waals surface area contributed by atoms with Gasteiger partial charge in [0.15, 0.2) is 6.10 Å². The molecule has 0 amide bonds. The lowest BCUT2D eigenvalue weighted by atomic mass is 10.0. The third kappa shape index (κ3) is 68.0. The fourth-order valence-electron chi connectivity index (χ4n) is 11.3. The second-order valence-electron chi connectivity index (χ2n) is 26.3. The number of unbranched alkanes of at least 4 members (excludes halogenated alkanes) is 55. The number of phosphoric ester groups is 1. The van der Waals surface area contributed by atoms with Gasteiger partial charge in [-0.1, -0.05) is 367 Å². The minimum atomic E-state index is -4.63. The summed E-state index contributed by atoms with van der Waals surface area (Å²) in [5.74, 6) is -0.804. The van der Waals surface area contributed by atoms with Crippen molar-refractivity contribution in [2.45, 2.75) is 399 Å². The van der Waals surface area contributed by atoms with Crippen LogP contribution in [0.2, 0.25) is 0 Å². The Kier molecular flexibility index (Phi) is 62.7. The summed E-state index contributed by atoms with van der Waals surface area (Å²) in [7, 11) is 1.20. The predicted octanol–water partition coefficient (Wildman–Crippen LogP) is 22.7. The van der Waals surface area contributed by atoms with Crippen molar-refractivity contribution in [3.8, 4) is 0 Å². The summed E-state index contributed by atoms with van der Waals surface area (Å²) >= 11 is 0. The number of likely N-dealkylation sites (N-methyl/N-ethyl adjacent to an activating group) is 1. The number of hydrogen-bond acceptors (Lipinski definition) is 8. The molecule has 0 aliphatic heterocycles. The van der Waals surface area contributed by atoms with Gasteiger partial charge in [-0.3, -0.25) is 14.2 Å². The number of carbonyl (C=O) groups excluding carboxylic acids is 2. The largest absolute Gasteiger partial charge is 0.756 e. The van der Waals surface area contributed by atoms with Gasteiger partial charge in [-0.25, -0.2) is 0 Å². The SMILES string of the molecule is CCCCCCCCCCCCCCCCCCCCCCCCCCCCCCCCCCCCCCCC(=O)OC(COC(=O)CCCCCCCCCCCCCCCCCCCCCC)COP(=O)([O-])OCC[N+](C)(C)C. The number of hydrogen-bond donors (Lipinski definition) is 0. The molecular weight excluding hydrogens is 1030 g/mol. The molecule has 10 heteroatoms. The van der Waals surface area contributed by atoms with Crippen LogP contribution in [0, 0.1) is 0 Å². The third-order valence-electron chi connectivity index (χ3n) is 16.9. The highest BCUT2D eigenvalue weighted by Crippen LogP contribution is 2.38. The van der Waals surface area contributed by atoms with E-state index in [1.165, 1.54) is 327 Å². The monoisotopic (exact) mass is 1170 g/mol. The number of ether oxygens (including phenoxy) is 2. The first kappa shape index (κ1) is 80.0. The van der Waals surface area contributed by atoms with Gasteiger partial charge in [-0.05, 0) is 12.8 Å². The molecule has 0 fully saturated rings. The van der Waals surface area contributed by atoms with E-state index < -0.39 is 26.5 Å². The van der Waals surface area contributed by atoms with Gasteiger partial charge in [-0.15, -0.1) is 0 Å². The molecule has 2 unspecified atom stereocenters. The lowest BCUT2D eigenvalue weighted by molar-refractivity contribution is -0.870. The van der Waals surface area contributed by atoms with Crippen LogP contribution in [0.25, 0.3) is 0 Å². The molecular formula is C71H142NO8P. The van der Waals surface area contributed by atoms with Crippen molar-refractivity contribution >= 4 is 19.8 Å². The number of esters is 2. The van der Waals surface area contributed by atoms with Gasteiger partial charge >= 0.3 is 11.9 Å². The molecule has 0 rings (SSSR count). The zero-order chi connectivity index (χ0) is 59.1.